The normalized spacial score (nSPS) is 14.2. The van der Waals surface area contributed by atoms with Gasteiger partial charge in [-0.25, -0.2) is 0 Å². The quantitative estimate of drug-likeness (QED) is 0.445. The zero-order valence-corrected chi connectivity index (χ0v) is 14.3. The zero-order chi connectivity index (χ0) is 17.2. The first-order chi connectivity index (χ1) is 10.3. The lowest BCUT2D eigenvalue weighted by Gasteiger charge is -2.24. The van der Waals surface area contributed by atoms with Gasteiger partial charge in [0, 0.05) is 0 Å². The second-order valence-electron chi connectivity index (χ2n) is 4.38. The van der Waals surface area contributed by atoms with E-state index in [-0.39, 0.29) is 26.4 Å². The standard InChI is InChI=1S/C13H25O8P/c1-5-18-13(16)11(8-12(15)19-9-10(4)14)22(17,20-6-2)21-7-3/h10-11,14H,5-9H2,1-4H3. The largest absolute Gasteiger partial charge is 0.465 e. The smallest absolute Gasteiger partial charge is 0.345 e. The van der Waals surface area contributed by atoms with Crippen molar-refractivity contribution >= 4 is 19.5 Å². The fourth-order valence-electron chi connectivity index (χ4n) is 1.57. The molecule has 0 aromatic rings. The number of carbonyl (C=O) groups is 2. The van der Waals surface area contributed by atoms with Gasteiger partial charge in [-0.2, -0.15) is 0 Å². The molecular formula is C13H25O8P. The van der Waals surface area contributed by atoms with E-state index < -0.39 is 37.7 Å². The summed E-state index contributed by atoms with van der Waals surface area (Å²) in [4.78, 5) is 23.8. The molecule has 0 amide bonds. The van der Waals surface area contributed by atoms with Gasteiger partial charge in [-0.1, -0.05) is 0 Å². The molecule has 0 fully saturated rings. The number of hydrogen-bond donors (Lipinski definition) is 1. The summed E-state index contributed by atoms with van der Waals surface area (Å²) in [5.74, 6) is -1.64. The molecular weight excluding hydrogens is 315 g/mol. The first kappa shape index (κ1) is 21.0. The lowest BCUT2D eigenvalue weighted by molar-refractivity contribution is -0.151. The minimum Gasteiger partial charge on any atom is -0.465 e. The van der Waals surface area contributed by atoms with Gasteiger partial charge < -0.3 is 23.6 Å². The maximum atomic E-state index is 12.7. The molecule has 22 heavy (non-hydrogen) atoms. The molecule has 0 aliphatic carbocycles. The van der Waals surface area contributed by atoms with Gasteiger partial charge in [-0.3, -0.25) is 14.2 Å². The Morgan fingerprint density at radius 2 is 1.59 bits per heavy atom. The highest BCUT2D eigenvalue weighted by Crippen LogP contribution is 2.54. The second-order valence-corrected chi connectivity index (χ2v) is 6.60. The summed E-state index contributed by atoms with van der Waals surface area (Å²) >= 11 is 0. The fraction of sp³-hybridized carbons (Fsp3) is 0.846. The molecule has 0 bridgehead atoms. The lowest BCUT2D eigenvalue weighted by atomic mass is 10.3. The molecule has 9 heteroatoms. The molecule has 0 aromatic heterocycles. The van der Waals surface area contributed by atoms with Gasteiger partial charge >= 0.3 is 19.5 Å². The third-order valence-corrected chi connectivity index (χ3v) is 4.80. The van der Waals surface area contributed by atoms with Crippen molar-refractivity contribution in [2.45, 2.75) is 45.9 Å². The van der Waals surface area contributed by atoms with E-state index in [1.54, 1.807) is 20.8 Å². The minimum absolute atomic E-state index is 0.0515. The Hall–Kier alpha value is -0.950. The maximum Gasteiger partial charge on any atom is 0.345 e. The van der Waals surface area contributed by atoms with Crippen LogP contribution in [0.2, 0.25) is 0 Å². The summed E-state index contributed by atoms with van der Waals surface area (Å²) in [6.45, 7) is 6.18. The highest BCUT2D eigenvalue weighted by Gasteiger charge is 2.44. The molecule has 0 aromatic carbocycles. The van der Waals surface area contributed by atoms with Crippen molar-refractivity contribution in [3.8, 4) is 0 Å². The Balaban J connectivity index is 5.13. The summed E-state index contributed by atoms with van der Waals surface area (Å²) in [5.41, 5.74) is -1.39. The predicted molar refractivity (Wildman–Crippen MR) is 78.5 cm³/mol. The van der Waals surface area contributed by atoms with E-state index in [0.717, 1.165) is 0 Å². The monoisotopic (exact) mass is 340 g/mol. The number of hydrogen-bond acceptors (Lipinski definition) is 8. The third kappa shape index (κ3) is 7.35. The van der Waals surface area contributed by atoms with Crippen LogP contribution in [0.5, 0.6) is 0 Å². The van der Waals surface area contributed by atoms with E-state index in [1.165, 1.54) is 6.92 Å². The maximum absolute atomic E-state index is 12.7. The summed E-state index contributed by atoms with van der Waals surface area (Å²) < 4.78 is 32.5. The fourth-order valence-corrected chi connectivity index (χ4v) is 3.43. The number of ether oxygens (including phenoxy) is 2. The van der Waals surface area contributed by atoms with Crippen LogP contribution in [0.15, 0.2) is 0 Å². The number of rotatable bonds is 11. The average Bonchev–Trinajstić information content (AvgIpc) is 2.43. The molecule has 1 N–H and O–H groups in total. The van der Waals surface area contributed by atoms with Gasteiger partial charge in [0.05, 0.1) is 32.3 Å². The van der Waals surface area contributed by atoms with Gasteiger partial charge in [0.25, 0.3) is 0 Å². The number of aliphatic hydroxyl groups excluding tert-OH is 1. The van der Waals surface area contributed by atoms with E-state index in [9.17, 15) is 14.2 Å². The van der Waals surface area contributed by atoms with Crippen LogP contribution in [0.25, 0.3) is 0 Å². The second kappa shape index (κ2) is 10.7. The molecule has 0 heterocycles. The highest BCUT2D eigenvalue weighted by atomic mass is 31.2. The Kier molecular flexibility index (Phi) is 10.3. The van der Waals surface area contributed by atoms with Crippen molar-refractivity contribution in [3.63, 3.8) is 0 Å². The van der Waals surface area contributed by atoms with Crippen LogP contribution in [-0.4, -0.2) is 55.2 Å². The summed E-state index contributed by atoms with van der Waals surface area (Å²) in [6, 6.07) is 0. The average molecular weight is 340 g/mol. The predicted octanol–water partition coefficient (Wildman–Crippen LogP) is 1.50. The van der Waals surface area contributed by atoms with Crippen LogP contribution in [0.4, 0.5) is 0 Å². The molecule has 0 saturated heterocycles. The van der Waals surface area contributed by atoms with E-state index in [4.69, 9.17) is 23.6 Å². The highest BCUT2D eigenvalue weighted by molar-refractivity contribution is 7.55. The van der Waals surface area contributed by atoms with Gasteiger partial charge in [-0.05, 0) is 27.7 Å². The number of aliphatic hydroxyl groups is 1. The molecule has 0 aliphatic heterocycles. The number of esters is 2. The van der Waals surface area contributed by atoms with Crippen molar-refractivity contribution in [1.29, 1.82) is 0 Å². The molecule has 0 saturated carbocycles. The topological polar surface area (TPSA) is 108 Å². The van der Waals surface area contributed by atoms with E-state index in [0.29, 0.717) is 0 Å². The molecule has 0 spiro atoms. The van der Waals surface area contributed by atoms with E-state index >= 15 is 0 Å². The molecule has 0 rings (SSSR count). The van der Waals surface area contributed by atoms with Crippen LogP contribution in [0, 0.1) is 0 Å². The SMILES string of the molecule is CCOC(=O)C(CC(=O)OCC(C)O)P(=O)(OCC)OCC. The van der Waals surface area contributed by atoms with Gasteiger partial charge in [0.1, 0.15) is 6.61 Å². The molecule has 130 valence electrons. The van der Waals surface area contributed by atoms with Crippen LogP contribution in [0.1, 0.15) is 34.1 Å². The summed E-state index contributed by atoms with van der Waals surface area (Å²) in [6.07, 6.45) is -1.35. The van der Waals surface area contributed by atoms with E-state index in [1.807, 2.05) is 0 Å². The minimum atomic E-state index is -3.85. The van der Waals surface area contributed by atoms with Crippen molar-refractivity contribution in [1.82, 2.24) is 0 Å². The zero-order valence-electron chi connectivity index (χ0n) is 13.4. The van der Waals surface area contributed by atoms with Crippen molar-refractivity contribution < 1.29 is 37.8 Å². The summed E-state index contributed by atoms with van der Waals surface area (Å²) in [5, 5.41) is 9.08. The molecule has 0 radical (unpaired) electrons. The molecule has 2 atom stereocenters. The molecule has 2 unspecified atom stereocenters. The lowest BCUT2D eigenvalue weighted by Crippen LogP contribution is -2.30. The molecule has 8 nitrogen and oxygen atoms in total. The van der Waals surface area contributed by atoms with Crippen LogP contribution < -0.4 is 0 Å². The van der Waals surface area contributed by atoms with E-state index in [2.05, 4.69) is 0 Å². The van der Waals surface area contributed by atoms with Crippen molar-refractivity contribution in [3.05, 3.63) is 0 Å². The Labute approximate surface area is 130 Å². The van der Waals surface area contributed by atoms with Crippen molar-refractivity contribution in [2.24, 2.45) is 0 Å². The Bertz CT molecular complexity index is 386. The van der Waals surface area contributed by atoms with Crippen LogP contribution in [-0.2, 0) is 32.7 Å². The Morgan fingerprint density at radius 1 is 1.05 bits per heavy atom. The molecule has 0 aliphatic rings. The van der Waals surface area contributed by atoms with Crippen molar-refractivity contribution in [2.75, 3.05) is 26.4 Å². The van der Waals surface area contributed by atoms with Crippen LogP contribution >= 0.6 is 7.60 Å². The summed E-state index contributed by atoms with van der Waals surface area (Å²) in [7, 11) is -3.85. The Morgan fingerprint density at radius 3 is 2.00 bits per heavy atom. The van der Waals surface area contributed by atoms with Crippen LogP contribution in [0.3, 0.4) is 0 Å². The van der Waals surface area contributed by atoms with Gasteiger partial charge in [-0.15, -0.1) is 0 Å². The van der Waals surface area contributed by atoms with Gasteiger partial charge in [0.2, 0.25) is 0 Å². The first-order valence-electron chi connectivity index (χ1n) is 7.19. The number of carbonyl (C=O) groups excluding carboxylic acids is 2. The third-order valence-electron chi connectivity index (χ3n) is 2.40. The van der Waals surface area contributed by atoms with Gasteiger partial charge in [0.15, 0.2) is 5.66 Å². The first-order valence-corrected chi connectivity index (χ1v) is 8.80.